The zero-order valence-electron chi connectivity index (χ0n) is 9.98. The van der Waals surface area contributed by atoms with Gasteiger partial charge in [-0.2, -0.15) is 4.99 Å². The Morgan fingerprint density at radius 2 is 2.00 bits per heavy atom. The molecule has 1 rings (SSSR count). The topological polar surface area (TPSA) is 50.7 Å². The summed E-state index contributed by atoms with van der Waals surface area (Å²) in [5, 5.41) is 4.83. The van der Waals surface area contributed by atoms with E-state index in [1.807, 2.05) is 0 Å². The number of hydrogen-bond acceptors (Lipinski definition) is 4. The van der Waals surface area contributed by atoms with E-state index in [2.05, 4.69) is 27.7 Å². The predicted molar refractivity (Wildman–Crippen MR) is 69.9 cm³/mol. The van der Waals surface area contributed by atoms with Gasteiger partial charge in [-0.15, -0.1) is 0 Å². The number of amides is 1. The second-order valence-electron chi connectivity index (χ2n) is 3.89. The molecule has 0 aliphatic rings. The van der Waals surface area contributed by atoms with Gasteiger partial charge in [-0.05, 0) is 50.3 Å². The van der Waals surface area contributed by atoms with Crippen molar-refractivity contribution in [2.75, 3.05) is 7.05 Å². The molecular formula is C12H14N2O2S. The quantitative estimate of drug-likeness (QED) is 0.659. The summed E-state index contributed by atoms with van der Waals surface area (Å²) in [7, 11) is 1.57. The molecule has 5 heteroatoms. The summed E-state index contributed by atoms with van der Waals surface area (Å²) < 4.78 is 5.59. The average Bonchev–Trinajstić information content (AvgIpc) is 2.30. The standard InChI is InChI=1S/C12H14N2O2S/c1-12(2,11(15)13-3)16-10-6-4-9(5-7-10)14-8-17/h4-7H,1-3H3,(H,13,15). The molecule has 4 nitrogen and oxygen atoms in total. The number of rotatable bonds is 4. The van der Waals surface area contributed by atoms with E-state index in [0.717, 1.165) is 0 Å². The van der Waals surface area contributed by atoms with Crippen LogP contribution in [0.25, 0.3) is 0 Å². The maximum Gasteiger partial charge on any atom is 0.263 e. The summed E-state index contributed by atoms with van der Waals surface area (Å²) in [6.45, 7) is 3.41. The largest absolute Gasteiger partial charge is 0.478 e. The molecule has 0 aliphatic carbocycles. The first-order chi connectivity index (χ1) is 7.99. The van der Waals surface area contributed by atoms with E-state index in [0.29, 0.717) is 11.4 Å². The second kappa shape index (κ2) is 5.57. The maximum atomic E-state index is 11.5. The molecule has 1 amide bonds. The van der Waals surface area contributed by atoms with Crippen LogP contribution < -0.4 is 10.1 Å². The molecular weight excluding hydrogens is 236 g/mol. The highest BCUT2D eigenvalue weighted by atomic mass is 32.1. The van der Waals surface area contributed by atoms with E-state index in [1.165, 1.54) is 0 Å². The van der Waals surface area contributed by atoms with Crippen molar-refractivity contribution in [1.82, 2.24) is 5.32 Å². The minimum atomic E-state index is -0.913. The summed E-state index contributed by atoms with van der Waals surface area (Å²) in [6.07, 6.45) is 0. The van der Waals surface area contributed by atoms with E-state index < -0.39 is 5.60 Å². The van der Waals surface area contributed by atoms with Gasteiger partial charge in [0.2, 0.25) is 0 Å². The van der Waals surface area contributed by atoms with Crippen LogP contribution in [0.2, 0.25) is 0 Å². The van der Waals surface area contributed by atoms with Crippen LogP contribution >= 0.6 is 12.2 Å². The Hall–Kier alpha value is -1.71. The van der Waals surface area contributed by atoms with Gasteiger partial charge in [-0.3, -0.25) is 4.79 Å². The number of nitrogens with zero attached hydrogens (tertiary/aromatic N) is 1. The molecule has 0 unspecified atom stereocenters. The van der Waals surface area contributed by atoms with Gasteiger partial charge in [0, 0.05) is 7.05 Å². The van der Waals surface area contributed by atoms with Crippen molar-refractivity contribution in [3.8, 4) is 5.75 Å². The normalized spacial score (nSPS) is 10.3. The Balaban J connectivity index is 2.82. The first-order valence-corrected chi connectivity index (χ1v) is 5.49. The van der Waals surface area contributed by atoms with Gasteiger partial charge in [0.1, 0.15) is 5.75 Å². The Bertz CT molecular complexity index is 448. The lowest BCUT2D eigenvalue weighted by molar-refractivity contribution is -0.133. The van der Waals surface area contributed by atoms with Crippen molar-refractivity contribution in [1.29, 1.82) is 0 Å². The molecule has 0 saturated carbocycles. The summed E-state index contributed by atoms with van der Waals surface area (Å²) in [5.74, 6) is 0.417. The smallest absolute Gasteiger partial charge is 0.263 e. The molecule has 0 spiro atoms. The molecule has 1 N–H and O–H groups in total. The molecule has 90 valence electrons. The molecule has 0 aliphatic heterocycles. The van der Waals surface area contributed by atoms with Crippen molar-refractivity contribution in [2.45, 2.75) is 19.4 Å². The first-order valence-electron chi connectivity index (χ1n) is 5.09. The summed E-state index contributed by atoms with van der Waals surface area (Å²) in [4.78, 5) is 15.4. The van der Waals surface area contributed by atoms with Gasteiger partial charge in [-0.25, -0.2) is 0 Å². The highest BCUT2D eigenvalue weighted by molar-refractivity contribution is 7.78. The third-order valence-electron chi connectivity index (χ3n) is 2.16. The molecule has 0 fully saturated rings. The van der Waals surface area contributed by atoms with Crippen LogP contribution in [0.5, 0.6) is 5.75 Å². The van der Waals surface area contributed by atoms with Gasteiger partial charge in [0.15, 0.2) is 5.60 Å². The fourth-order valence-electron chi connectivity index (χ4n) is 1.28. The zero-order valence-corrected chi connectivity index (χ0v) is 10.8. The van der Waals surface area contributed by atoms with Crippen LogP contribution in [0.3, 0.4) is 0 Å². The predicted octanol–water partition coefficient (Wildman–Crippen LogP) is 2.32. The number of aliphatic imine (C=N–C) groups is 1. The number of carbonyl (C=O) groups is 1. The van der Waals surface area contributed by atoms with Crippen LogP contribution in [0, 0.1) is 0 Å². The summed E-state index contributed by atoms with van der Waals surface area (Å²) >= 11 is 4.50. The van der Waals surface area contributed by atoms with Gasteiger partial charge < -0.3 is 10.1 Å². The summed E-state index contributed by atoms with van der Waals surface area (Å²) in [5.41, 5.74) is -0.214. The Morgan fingerprint density at radius 3 is 2.47 bits per heavy atom. The van der Waals surface area contributed by atoms with E-state index in [4.69, 9.17) is 4.74 Å². The lowest BCUT2D eigenvalue weighted by atomic mass is 10.1. The van der Waals surface area contributed by atoms with Crippen LogP contribution in [0.1, 0.15) is 13.8 Å². The monoisotopic (exact) mass is 250 g/mol. The number of hydrogen-bond donors (Lipinski definition) is 1. The van der Waals surface area contributed by atoms with Crippen LogP contribution in [0.4, 0.5) is 5.69 Å². The van der Waals surface area contributed by atoms with Crippen molar-refractivity contribution < 1.29 is 9.53 Å². The maximum absolute atomic E-state index is 11.5. The average molecular weight is 250 g/mol. The van der Waals surface area contributed by atoms with Crippen molar-refractivity contribution in [3.63, 3.8) is 0 Å². The molecule has 1 aromatic carbocycles. The minimum absolute atomic E-state index is 0.182. The Morgan fingerprint density at radius 1 is 1.41 bits per heavy atom. The minimum Gasteiger partial charge on any atom is -0.478 e. The zero-order chi connectivity index (χ0) is 12.9. The Labute approximate surface area is 106 Å². The number of isothiocyanates is 1. The van der Waals surface area contributed by atoms with Gasteiger partial charge in [0.25, 0.3) is 5.91 Å². The number of nitrogens with one attached hydrogen (secondary N) is 1. The lowest BCUT2D eigenvalue weighted by Gasteiger charge is -2.24. The molecule has 1 aromatic rings. The highest BCUT2D eigenvalue weighted by Gasteiger charge is 2.28. The van der Waals surface area contributed by atoms with Crippen LogP contribution in [-0.2, 0) is 4.79 Å². The highest BCUT2D eigenvalue weighted by Crippen LogP contribution is 2.22. The molecule has 0 radical (unpaired) electrons. The molecule has 17 heavy (non-hydrogen) atoms. The number of benzene rings is 1. The van der Waals surface area contributed by atoms with Crippen molar-refractivity contribution >= 4 is 29.0 Å². The molecule has 0 saturated heterocycles. The molecule has 0 atom stereocenters. The summed E-state index contributed by atoms with van der Waals surface area (Å²) in [6, 6.07) is 6.95. The van der Waals surface area contributed by atoms with E-state index >= 15 is 0 Å². The second-order valence-corrected chi connectivity index (χ2v) is 4.07. The first kappa shape index (κ1) is 13.4. The number of likely N-dealkylation sites (N-methyl/N-ethyl adjacent to an activating group) is 1. The van der Waals surface area contributed by atoms with Crippen molar-refractivity contribution in [2.24, 2.45) is 4.99 Å². The van der Waals surface area contributed by atoms with Gasteiger partial charge in [0.05, 0.1) is 10.8 Å². The lowest BCUT2D eigenvalue weighted by Crippen LogP contribution is -2.45. The SMILES string of the molecule is CNC(=O)C(C)(C)Oc1ccc(N=C=S)cc1. The number of thiocarbonyl (C=S) groups is 1. The van der Waals surface area contributed by atoms with Crippen LogP contribution in [0.15, 0.2) is 29.3 Å². The third kappa shape index (κ3) is 3.66. The number of ether oxygens (including phenoxy) is 1. The fraction of sp³-hybridized carbons (Fsp3) is 0.333. The van der Waals surface area contributed by atoms with Gasteiger partial charge >= 0.3 is 0 Å². The van der Waals surface area contributed by atoms with Gasteiger partial charge in [-0.1, -0.05) is 0 Å². The molecule has 0 heterocycles. The number of carbonyl (C=O) groups excluding carboxylic acids is 1. The van der Waals surface area contributed by atoms with Crippen LogP contribution in [-0.4, -0.2) is 23.7 Å². The van der Waals surface area contributed by atoms with Crippen molar-refractivity contribution in [3.05, 3.63) is 24.3 Å². The third-order valence-corrected chi connectivity index (χ3v) is 2.25. The Kier molecular flexibility index (Phi) is 4.37. The van der Waals surface area contributed by atoms with E-state index in [9.17, 15) is 4.79 Å². The molecule has 0 bridgehead atoms. The van der Waals surface area contributed by atoms with E-state index in [1.54, 1.807) is 45.2 Å². The van der Waals surface area contributed by atoms with E-state index in [-0.39, 0.29) is 5.91 Å². The molecule has 0 aromatic heterocycles. The fourth-order valence-corrected chi connectivity index (χ4v) is 1.39.